The number of aryl methyl sites for hydroxylation is 2. The molecule has 2 aliphatic heterocycles. The van der Waals surface area contributed by atoms with Crippen molar-refractivity contribution in [1.29, 1.82) is 0 Å². The molecular weight excluding hydrogens is 433 g/mol. The summed E-state index contributed by atoms with van der Waals surface area (Å²) in [6.07, 6.45) is 2.82. The fraction of sp³-hybridized carbons (Fsp3) is 0.478. The van der Waals surface area contributed by atoms with Crippen molar-refractivity contribution in [2.45, 2.75) is 51.2 Å². The Balaban J connectivity index is 1.35. The second kappa shape index (κ2) is 8.64. The van der Waals surface area contributed by atoms with Gasteiger partial charge in [0.2, 0.25) is 5.91 Å². The molecule has 2 aromatic heterocycles. The summed E-state index contributed by atoms with van der Waals surface area (Å²) < 4.78 is 41.2. The number of hydrogen-bond acceptors (Lipinski definition) is 5. The van der Waals surface area contributed by atoms with Gasteiger partial charge in [-0.25, -0.2) is 15.0 Å². The number of carbonyl (C=O) groups is 1. The van der Waals surface area contributed by atoms with E-state index in [4.69, 9.17) is 4.98 Å². The van der Waals surface area contributed by atoms with Crippen molar-refractivity contribution in [2.24, 2.45) is 5.92 Å². The molecular formula is C23H25F3N6O. The first kappa shape index (κ1) is 21.7. The highest BCUT2D eigenvalue weighted by Crippen LogP contribution is 2.32. The zero-order valence-corrected chi connectivity index (χ0v) is 18.1. The van der Waals surface area contributed by atoms with Gasteiger partial charge in [-0.15, -0.1) is 0 Å². The normalized spacial score (nSPS) is 19.2. The van der Waals surface area contributed by atoms with E-state index in [1.54, 1.807) is 6.33 Å². The van der Waals surface area contributed by atoms with Crippen molar-refractivity contribution in [3.05, 3.63) is 42.0 Å². The second-order valence-electron chi connectivity index (χ2n) is 8.71. The fourth-order valence-corrected chi connectivity index (χ4v) is 4.76. The third kappa shape index (κ3) is 4.38. The van der Waals surface area contributed by atoms with Crippen LogP contribution in [0.25, 0.3) is 11.2 Å². The molecule has 1 aromatic carbocycles. The maximum atomic E-state index is 13.0. The van der Waals surface area contributed by atoms with E-state index >= 15 is 0 Å². The second-order valence-corrected chi connectivity index (χ2v) is 8.71. The minimum absolute atomic E-state index is 0.147. The van der Waals surface area contributed by atoms with Crippen LogP contribution in [-0.2, 0) is 23.9 Å². The van der Waals surface area contributed by atoms with Crippen LogP contribution in [0.4, 0.5) is 24.7 Å². The predicted octanol–water partition coefficient (Wildman–Crippen LogP) is 4.43. The van der Waals surface area contributed by atoms with E-state index in [0.717, 1.165) is 73.7 Å². The summed E-state index contributed by atoms with van der Waals surface area (Å²) in [5, 5.41) is 2.66. The zero-order valence-electron chi connectivity index (χ0n) is 18.1. The van der Waals surface area contributed by atoms with Gasteiger partial charge in [0.05, 0.1) is 11.5 Å². The molecule has 0 bridgehead atoms. The van der Waals surface area contributed by atoms with Gasteiger partial charge in [0, 0.05) is 31.7 Å². The summed E-state index contributed by atoms with van der Waals surface area (Å²) in [7, 11) is 0. The van der Waals surface area contributed by atoms with Crippen LogP contribution < -0.4 is 10.2 Å². The van der Waals surface area contributed by atoms with E-state index in [0.29, 0.717) is 13.0 Å². The average Bonchev–Trinajstić information content (AvgIpc) is 2.99. The molecule has 1 N–H and O–H groups in total. The maximum absolute atomic E-state index is 13.0. The van der Waals surface area contributed by atoms with Crippen LogP contribution >= 0.6 is 0 Å². The Morgan fingerprint density at radius 3 is 2.82 bits per heavy atom. The molecule has 2 aliphatic rings. The molecule has 1 fully saturated rings. The number of nitrogens with zero attached hydrogens (tertiary/aromatic N) is 5. The fourth-order valence-electron chi connectivity index (χ4n) is 4.76. The largest absolute Gasteiger partial charge is 0.416 e. The van der Waals surface area contributed by atoms with Crippen LogP contribution in [0.5, 0.6) is 0 Å². The van der Waals surface area contributed by atoms with Crippen LogP contribution in [0, 0.1) is 5.92 Å². The Labute approximate surface area is 189 Å². The first-order chi connectivity index (χ1) is 15.9. The van der Waals surface area contributed by atoms with E-state index < -0.39 is 11.7 Å². The monoisotopic (exact) mass is 458 g/mol. The molecule has 10 heteroatoms. The summed E-state index contributed by atoms with van der Waals surface area (Å²) >= 11 is 0. The number of amides is 1. The number of hydrogen-bond donors (Lipinski definition) is 1. The van der Waals surface area contributed by atoms with Gasteiger partial charge in [-0.05, 0) is 43.9 Å². The number of benzene rings is 1. The smallest absolute Gasteiger partial charge is 0.354 e. The molecule has 1 saturated heterocycles. The molecule has 4 heterocycles. The lowest BCUT2D eigenvalue weighted by molar-refractivity contribution is -0.137. The number of piperidine rings is 1. The number of carbonyl (C=O) groups excluding carboxylic acids is 1. The molecule has 1 unspecified atom stereocenters. The molecule has 5 rings (SSSR count). The highest BCUT2D eigenvalue weighted by atomic mass is 19.4. The molecule has 0 radical (unpaired) electrons. The molecule has 3 aromatic rings. The van der Waals surface area contributed by atoms with Crippen LogP contribution in [0.2, 0.25) is 0 Å². The number of nitrogens with one attached hydrogen (secondary N) is 1. The predicted molar refractivity (Wildman–Crippen MR) is 118 cm³/mol. The number of aromatic nitrogens is 4. The van der Waals surface area contributed by atoms with Gasteiger partial charge in [-0.1, -0.05) is 12.5 Å². The summed E-state index contributed by atoms with van der Waals surface area (Å²) in [6.45, 7) is 2.06. The van der Waals surface area contributed by atoms with Crippen LogP contribution in [0.15, 0.2) is 30.6 Å². The van der Waals surface area contributed by atoms with E-state index in [9.17, 15) is 18.0 Å². The molecule has 0 saturated carbocycles. The van der Waals surface area contributed by atoms with Crippen molar-refractivity contribution >= 4 is 28.6 Å². The van der Waals surface area contributed by atoms with Gasteiger partial charge in [-0.2, -0.15) is 13.2 Å². The molecule has 0 aliphatic carbocycles. The van der Waals surface area contributed by atoms with E-state index in [1.807, 2.05) is 0 Å². The number of alkyl halides is 3. The lowest BCUT2D eigenvalue weighted by Crippen LogP contribution is -2.41. The van der Waals surface area contributed by atoms with Gasteiger partial charge >= 0.3 is 6.18 Å². The van der Waals surface area contributed by atoms with Crippen molar-refractivity contribution in [2.75, 3.05) is 23.3 Å². The van der Waals surface area contributed by atoms with Gasteiger partial charge in [0.15, 0.2) is 17.0 Å². The summed E-state index contributed by atoms with van der Waals surface area (Å²) in [4.78, 5) is 28.8. The first-order valence-electron chi connectivity index (χ1n) is 11.3. The zero-order chi connectivity index (χ0) is 23.0. The van der Waals surface area contributed by atoms with E-state index in [2.05, 4.69) is 24.8 Å². The Hall–Kier alpha value is -3.17. The minimum atomic E-state index is -4.45. The third-order valence-corrected chi connectivity index (χ3v) is 6.42. The molecule has 7 nitrogen and oxygen atoms in total. The highest BCUT2D eigenvalue weighted by Gasteiger charge is 2.32. The standard InChI is InChI=1S/C23H25F3N6O/c24-23(25,26)16-7-4-8-17(12-16)29-22(33)15-6-5-10-31(13-15)20-19-21(28-14-27-20)32-11-3-1-2-9-18(32)30-19/h4,7-8,12,14-15H,1-3,5-6,9-11,13H2,(H,29,33). The molecule has 33 heavy (non-hydrogen) atoms. The highest BCUT2D eigenvalue weighted by molar-refractivity contribution is 5.93. The number of rotatable bonds is 3. The average molecular weight is 458 g/mol. The van der Waals surface area contributed by atoms with Crippen molar-refractivity contribution in [3.63, 3.8) is 0 Å². The molecule has 1 atom stereocenters. The van der Waals surface area contributed by atoms with Gasteiger partial charge in [0.1, 0.15) is 12.2 Å². The SMILES string of the molecule is O=C(Nc1cccc(C(F)(F)F)c1)C1CCCN(c2ncnc3c2nc2n3CCCCC2)C1. The topological polar surface area (TPSA) is 75.9 Å². The van der Waals surface area contributed by atoms with E-state index in [-0.39, 0.29) is 17.5 Å². The maximum Gasteiger partial charge on any atom is 0.416 e. The van der Waals surface area contributed by atoms with Crippen molar-refractivity contribution < 1.29 is 18.0 Å². The van der Waals surface area contributed by atoms with Crippen molar-refractivity contribution in [1.82, 2.24) is 19.5 Å². The lowest BCUT2D eigenvalue weighted by atomic mass is 9.97. The van der Waals surface area contributed by atoms with Crippen LogP contribution in [-0.4, -0.2) is 38.5 Å². The summed E-state index contributed by atoms with van der Waals surface area (Å²) in [5.74, 6) is 1.10. The summed E-state index contributed by atoms with van der Waals surface area (Å²) in [6, 6.07) is 4.72. The van der Waals surface area contributed by atoms with E-state index in [1.165, 1.54) is 18.6 Å². The van der Waals surface area contributed by atoms with Crippen LogP contribution in [0.3, 0.4) is 0 Å². The van der Waals surface area contributed by atoms with Crippen molar-refractivity contribution in [3.8, 4) is 0 Å². The Morgan fingerprint density at radius 2 is 1.97 bits per heavy atom. The van der Waals surface area contributed by atoms with Crippen LogP contribution in [0.1, 0.15) is 43.5 Å². The van der Waals surface area contributed by atoms with Gasteiger partial charge < -0.3 is 14.8 Å². The third-order valence-electron chi connectivity index (χ3n) is 6.42. The lowest BCUT2D eigenvalue weighted by Gasteiger charge is -2.32. The first-order valence-corrected chi connectivity index (χ1v) is 11.3. The molecule has 0 spiro atoms. The Kier molecular flexibility index (Phi) is 5.67. The quantitative estimate of drug-likeness (QED) is 0.629. The number of anilines is 2. The van der Waals surface area contributed by atoms with Gasteiger partial charge in [-0.3, -0.25) is 4.79 Å². The minimum Gasteiger partial charge on any atom is -0.354 e. The molecule has 1 amide bonds. The van der Waals surface area contributed by atoms with Gasteiger partial charge in [0.25, 0.3) is 0 Å². The number of imidazole rings is 1. The molecule has 174 valence electrons. The number of halogens is 3. The Morgan fingerprint density at radius 1 is 1.09 bits per heavy atom. The Bertz CT molecular complexity index is 1170. The number of fused-ring (bicyclic) bond motifs is 3. The summed E-state index contributed by atoms with van der Waals surface area (Å²) in [5.41, 5.74) is 0.948.